The minimum Gasteiger partial charge on any atom is -0.493 e. The number of carbonyl (C=O) groups is 1. The molecule has 1 N–H and O–H groups in total. The minimum absolute atomic E-state index is 0.0438. The van der Waals surface area contributed by atoms with Crippen molar-refractivity contribution in [2.45, 2.75) is 5.16 Å². The fourth-order valence-corrected chi connectivity index (χ4v) is 3.75. The van der Waals surface area contributed by atoms with E-state index in [0.717, 1.165) is 11.8 Å². The Kier molecular flexibility index (Phi) is 6.08. The molecule has 164 valence electrons. The molecule has 32 heavy (non-hydrogen) atoms. The zero-order chi connectivity index (χ0) is 22.7. The van der Waals surface area contributed by atoms with Gasteiger partial charge >= 0.3 is 5.56 Å². The largest absolute Gasteiger partial charge is 0.493 e. The number of hydrogen-bond donors (Lipinski definition) is 1. The maximum Gasteiger partial charge on any atom is 0.300 e. The van der Waals surface area contributed by atoms with Crippen molar-refractivity contribution in [3.8, 4) is 17.2 Å². The van der Waals surface area contributed by atoms with Crippen LogP contribution in [0.4, 0.5) is 10.1 Å². The van der Waals surface area contributed by atoms with Crippen LogP contribution in [0.2, 0.25) is 0 Å². The number of thioether (sulfide) groups is 1. The van der Waals surface area contributed by atoms with Crippen molar-refractivity contribution >= 4 is 29.0 Å². The van der Waals surface area contributed by atoms with Crippen LogP contribution in [0.1, 0.15) is 0 Å². The fraction of sp³-hybridized carbons (Fsp3) is 0.143. The van der Waals surface area contributed by atoms with Gasteiger partial charge in [0.2, 0.25) is 11.6 Å². The van der Waals surface area contributed by atoms with Gasteiger partial charge in [-0.15, -0.1) is 10.2 Å². The number of rotatable bonds is 7. The molecule has 9 nitrogen and oxygen atoms in total. The topological polar surface area (TPSA) is 99.8 Å². The highest BCUT2D eigenvalue weighted by atomic mass is 32.2. The van der Waals surface area contributed by atoms with Gasteiger partial charge < -0.3 is 14.8 Å². The van der Waals surface area contributed by atoms with E-state index < -0.39 is 11.4 Å². The Balaban J connectivity index is 1.49. The number of aromatic nitrogens is 4. The zero-order valence-electron chi connectivity index (χ0n) is 17.1. The van der Waals surface area contributed by atoms with Gasteiger partial charge in [-0.25, -0.2) is 4.39 Å². The summed E-state index contributed by atoms with van der Waals surface area (Å²) in [5.41, 5.74) is 0.549. The average Bonchev–Trinajstić information content (AvgIpc) is 3.22. The Hall–Kier alpha value is -3.86. The van der Waals surface area contributed by atoms with Crippen LogP contribution in [0.15, 0.2) is 64.8 Å². The lowest BCUT2D eigenvalue weighted by Gasteiger charge is -2.10. The summed E-state index contributed by atoms with van der Waals surface area (Å²) < 4.78 is 26.7. The van der Waals surface area contributed by atoms with Crippen LogP contribution in [-0.2, 0) is 4.79 Å². The predicted octanol–water partition coefficient (Wildman–Crippen LogP) is 2.77. The molecule has 2 aromatic carbocycles. The van der Waals surface area contributed by atoms with Crippen LogP contribution in [0.3, 0.4) is 0 Å². The van der Waals surface area contributed by atoms with Crippen LogP contribution in [0.25, 0.3) is 11.3 Å². The number of hydrogen-bond acceptors (Lipinski definition) is 7. The summed E-state index contributed by atoms with van der Waals surface area (Å²) in [5, 5.41) is 11.1. The summed E-state index contributed by atoms with van der Waals surface area (Å²) in [5.74, 6) is 0.372. The monoisotopic (exact) mass is 455 g/mol. The number of amides is 1. The summed E-state index contributed by atoms with van der Waals surface area (Å²) in [6.45, 7) is 0. The third kappa shape index (κ3) is 4.28. The molecule has 2 aromatic heterocycles. The van der Waals surface area contributed by atoms with E-state index in [9.17, 15) is 14.0 Å². The summed E-state index contributed by atoms with van der Waals surface area (Å²) in [6.07, 6.45) is 3.09. The molecule has 0 aliphatic carbocycles. The molecular weight excluding hydrogens is 437 g/mol. The Morgan fingerprint density at radius 3 is 2.66 bits per heavy atom. The van der Waals surface area contributed by atoms with Crippen molar-refractivity contribution in [3.63, 3.8) is 0 Å². The quantitative estimate of drug-likeness (QED) is 0.428. The second kappa shape index (κ2) is 9.10. The molecular formula is C21H18FN5O4S. The first-order valence-electron chi connectivity index (χ1n) is 9.37. The Morgan fingerprint density at radius 1 is 1.09 bits per heavy atom. The number of methoxy groups -OCH3 is 2. The van der Waals surface area contributed by atoms with E-state index >= 15 is 0 Å². The molecule has 0 bridgehead atoms. The molecule has 0 unspecified atom stereocenters. The van der Waals surface area contributed by atoms with Gasteiger partial charge in [0, 0.05) is 24.1 Å². The van der Waals surface area contributed by atoms with Gasteiger partial charge in [0.1, 0.15) is 5.82 Å². The lowest BCUT2D eigenvalue weighted by Crippen LogP contribution is -2.20. The second-order valence-electron chi connectivity index (χ2n) is 6.54. The molecule has 0 saturated heterocycles. The van der Waals surface area contributed by atoms with Gasteiger partial charge in [-0.1, -0.05) is 17.8 Å². The Labute approximate surface area is 185 Å². The number of anilines is 1. The lowest BCUT2D eigenvalue weighted by molar-refractivity contribution is -0.113. The number of benzene rings is 2. The van der Waals surface area contributed by atoms with Crippen molar-refractivity contribution < 1.29 is 18.7 Å². The fourth-order valence-electron chi connectivity index (χ4n) is 3.03. The van der Waals surface area contributed by atoms with Crippen LogP contribution < -0.4 is 20.3 Å². The Morgan fingerprint density at radius 2 is 1.91 bits per heavy atom. The van der Waals surface area contributed by atoms with E-state index in [1.165, 1.54) is 47.6 Å². The first-order valence-corrected chi connectivity index (χ1v) is 10.4. The van der Waals surface area contributed by atoms with E-state index in [1.54, 1.807) is 30.5 Å². The number of halogens is 1. The van der Waals surface area contributed by atoms with E-state index in [0.29, 0.717) is 28.0 Å². The zero-order valence-corrected chi connectivity index (χ0v) is 17.9. The van der Waals surface area contributed by atoms with Gasteiger partial charge in [-0.05, 0) is 30.3 Å². The SMILES string of the molecule is COc1ccc(NC(=O)CSc2nnc3c(=O)n(-c4cccc(F)c4)ccn23)cc1OC. The molecule has 2 heterocycles. The van der Waals surface area contributed by atoms with E-state index in [-0.39, 0.29) is 17.3 Å². The lowest BCUT2D eigenvalue weighted by atomic mass is 10.2. The summed E-state index contributed by atoms with van der Waals surface area (Å²) >= 11 is 1.13. The van der Waals surface area contributed by atoms with Gasteiger partial charge in [0.15, 0.2) is 16.7 Å². The number of fused-ring (bicyclic) bond motifs is 1. The molecule has 0 aliphatic rings. The number of ether oxygens (including phenoxy) is 2. The highest BCUT2D eigenvalue weighted by Gasteiger charge is 2.14. The summed E-state index contributed by atoms with van der Waals surface area (Å²) in [7, 11) is 3.04. The van der Waals surface area contributed by atoms with Crippen LogP contribution in [0.5, 0.6) is 11.5 Å². The molecule has 0 saturated carbocycles. The Bertz CT molecular complexity index is 1350. The van der Waals surface area contributed by atoms with Crippen molar-refractivity contribution in [2.24, 2.45) is 0 Å². The molecule has 4 aromatic rings. The molecule has 0 spiro atoms. The van der Waals surface area contributed by atoms with E-state index in [2.05, 4.69) is 15.5 Å². The highest BCUT2D eigenvalue weighted by molar-refractivity contribution is 7.99. The third-order valence-corrected chi connectivity index (χ3v) is 5.47. The number of nitrogens with one attached hydrogen (secondary N) is 1. The van der Waals surface area contributed by atoms with Crippen LogP contribution >= 0.6 is 11.8 Å². The molecule has 11 heteroatoms. The summed E-state index contributed by atoms with van der Waals surface area (Å²) in [4.78, 5) is 25.1. The van der Waals surface area contributed by atoms with Gasteiger partial charge in [0.05, 0.1) is 25.7 Å². The highest BCUT2D eigenvalue weighted by Crippen LogP contribution is 2.29. The average molecular weight is 455 g/mol. The van der Waals surface area contributed by atoms with Crippen molar-refractivity contribution in [1.82, 2.24) is 19.2 Å². The maximum atomic E-state index is 13.5. The van der Waals surface area contributed by atoms with Crippen molar-refractivity contribution in [2.75, 3.05) is 25.3 Å². The molecule has 0 atom stereocenters. The van der Waals surface area contributed by atoms with Crippen molar-refractivity contribution in [3.05, 3.63) is 71.0 Å². The van der Waals surface area contributed by atoms with E-state index in [4.69, 9.17) is 9.47 Å². The number of carbonyl (C=O) groups excluding carboxylic acids is 1. The summed E-state index contributed by atoms with van der Waals surface area (Å²) in [6, 6.07) is 10.7. The van der Waals surface area contributed by atoms with Crippen LogP contribution in [-0.4, -0.2) is 45.0 Å². The first-order chi connectivity index (χ1) is 15.5. The molecule has 4 rings (SSSR count). The normalized spacial score (nSPS) is 10.8. The van der Waals surface area contributed by atoms with Gasteiger partial charge in [-0.2, -0.15) is 0 Å². The predicted molar refractivity (Wildman–Crippen MR) is 117 cm³/mol. The second-order valence-corrected chi connectivity index (χ2v) is 7.48. The van der Waals surface area contributed by atoms with Gasteiger partial charge in [-0.3, -0.25) is 18.6 Å². The van der Waals surface area contributed by atoms with Gasteiger partial charge in [0.25, 0.3) is 0 Å². The standard InChI is InChI=1S/C21H18FN5O4S/c1-30-16-7-6-14(11-17(16)31-2)23-18(28)12-32-21-25-24-19-20(29)26(8-9-27(19)21)15-5-3-4-13(22)10-15/h3-11H,12H2,1-2H3,(H,23,28). The molecule has 0 fully saturated rings. The smallest absolute Gasteiger partial charge is 0.300 e. The third-order valence-electron chi connectivity index (χ3n) is 4.53. The maximum absolute atomic E-state index is 13.5. The molecule has 1 amide bonds. The molecule has 0 aliphatic heterocycles. The minimum atomic E-state index is -0.452. The molecule has 0 radical (unpaired) electrons. The van der Waals surface area contributed by atoms with Crippen LogP contribution in [0, 0.1) is 5.82 Å². The van der Waals surface area contributed by atoms with Crippen molar-refractivity contribution in [1.29, 1.82) is 0 Å². The first kappa shape index (κ1) is 21.4. The van der Waals surface area contributed by atoms with E-state index in [1.807, 2.05) is 0 Å². The number of nitrogens with zero attached hydrogens (tertiary/aromatic N) is 4.